The summed E-state index contributed by atoms with van der Waals surface area (Å²) >= 11 is 0. The zero-order valence-electron chi connectivity index (χ0n) is 17.4. The van der Waals surface area contributed by atoms with Crippen LogP contribution in [0.3, 0.4) is 0 Å². The molecule has 2 aromatic heterocycles. The molecule has 2 bridgehead atoms. The van der Waals surface area contributed by atoms with Crippen molar-refractivity contribution in [3.63, 3.8) is 0 Å². The van der Waals surface area contributed by atoms with Crippen molar-refractivity contribution in [3.8, 4) is 39.9 Å². The number of pyridine rings is 1. The lowest BCUT2D eigenvalue weighted by molar-refractivity contribution is 0.130. The van der Waals surface area contributed by atoms with Crippen molar-refractivity contribution in [2.24, 2.45) is 0 Å². The molecule has 3 aromatic rings. The van der Waals surface area contributed by atoms with Gasteiger partial charge in [0.2, 0.25) is 17.6 Å². The van der Waals surface area contributed by atoms with Crippen LogP contribution in [-0.2, 0) is 6.61 Å². The molecule has 0 aliphatic carbocycles. The van der Waals surface area contributed by atoms with E-state index < -0.39 is 0 Å². The van der Waals surface area contributed by atoms with Gasteiger partial charge >= 0.3 is 0 Å². The molecular weight excluding hydrogens is 392 g/mol. The van der Waals surface area contributed by atoms with E-state index in [9.17, 15) is 0 Å². The second kappa shape index (κ2) is 7.50. The second-order valence-electron chi connectivity index (χ2n) is 8.50. The van der Waals surface area contributed by atoms with E-state index in [0.717, 1.165) is 40.7 Å². The predicted molar refractivity (Wildman–Crippen MR) is 115 cm³/mol. The fraction of sp³-hybridized carbons (Fsp3) is 0.375. The highest BCUT2D eigenvalue weighted by Crippen LogP contribution is 2.39. The van der Waals surface area contributed by atoms with Gasteiger partial charge in [-0.1, -0.05) is 12.1 Å². The SMILES string of the molecule is COc1cc(-c2ccc3c(c2)COc2nc(OC4C[C@H]5CC[C@@H](C4)N5)ccc2-3)cnn1. The molecule has 3 atom stereocenters. The van der Waals surface area contributed by atoms with Crippen LogP contribution in [0.2, 0.25) is 0 Å². The summed E-state index contributed by atoms with van der Waals surface area (Å²) in [6, 6.07) is 13.4. The number of nitrogens with one attached hydrogen (secondary N) is 1. The maximum Gasteiger partial charge on any atom is 0.233 e. The van der Waals surface area contributed by atoms with Gasteiger partial charge in [-0.3, -0.25) is 0 Å². The Labute approximate surface area is 180 Å². The largest absolute Gasteiger partial charge is 0.480 e. The Kier molecular flexibility index (Phi) is 4.49. The lowest BCUT2D eigenvalue weighted by atomic mass is 9.95. The first-order valence-corrected chi connectivity index (χ1v) is 10.8. The molecule has 3 aliphatic rings. The summed E-state index contributed by atoms with van der Waals surface area (Å²) in [5.74, 6) is 1.79. The summed E-state index contributed by atoms with van der Waals surface area (Å²) in [7, 11) is 1.59. The number of aromatic nitrogens is 3. The lowest BCUT2D eigenvalue weighted by Gasteiger charge is -2.29. The number of hydrogen-bond donors (Lipinski definition) is 1. The topological polar surface area (TPSA) is 78.4 Å². The van der Waals surface area contributed by atoms with Crippen LogP contribution in [0.1, 0.15) is 31.2 Å². The molecule has 1 aromatic carbocycles. The summed E-state index contributed by atoms with van der Waals surface area (Å²) in [4.78, 5) is 4.68. The van der Waals surface area contributed by atoms with Crippen molar-refractivity contribution in [1.82, 2.24) is 20.5 Å². The van der Waals surface area contributed by atoms with Crippen molar-refractivity contribution in [3.05, 3.63) is 48.2 Å². The normalized spacial score (nSPS) is 23.5. The Morgan fingerprint density at radius 3 is 2.65 bits per heavy atom. The molecule has 158 valence electrons. The smallest absolute Gasteiger partial charge is 0.233 e. The number of ether oxygens (including phenoxy) is 3. The van der Waals surface area contributed by atoms with E-state index in [-0.39, 0.29) is 6.10 Å². The molecule has 0 amide bonds. The van der Waals surface area contributed by atoms with Gasteiger partial charge in [0.15, 0.2) is 0 Å². The molecule has 3 aliphatic heterocycles. The third kappa shape index (κ3) is 3.49. The molecule has 2 saturated heterocycles. The molecule has 7 nitrogen and oxygen atoms in total. The highest BCUT2D eigenvalue weighted by atomic mass is 16.5. The molecule has 0 radical (unpaired) electrons. The molecule has 31 heavy (non-hydrogen) atoms. The predicted octanol–water partition coefficient (Wildman–Crippen LogP) is 3.77. The van der Waals surface area contributed by atoms with E-state index in [1.807, 2.05) is 12.1 Å². The lowest BCUT2D eigenvalue weighted by Crippen LogP contribution is -2.42. The number of benzene rings is 1. The number of piperidine rings is 1. The van der Waals surface area contributed by atoms with Crippen LogP contribution in [0, 0.1) is 0 Å². The van der Waals surface area contributed by atoms with E-state index in [1.165, 1.54) is 12.8 Å². The van der Waals surface area contributed by atoms with Crippen molar-refractivity contribution in [1.29, 1.82) is 0 Å². The van der Waals surface area contributed by atoms with Crippen molar-refractivity contribution >= 4 is 0 Å². The van der Waals surface area contributed by atoms with E-state index in [1.54, 1.807) is 13.3 Å². The number of methoxy groups -OCH3 is 1. The van der Waals surface area contributed by atoms with E-state index >= 15 is 0 Å². The van der Waals surface area contributed by atoms with Crippen LogP contribution >= 0.6 is 0 Å². The van der Waals surface area contributed by atoms with E-state index in [4.69, 9.17) is 14.2 Å². The highest BCUT2D eigenvalue weighted by Gasteiger charge is 2.34. The number of hydrogen-bond acceptors (Lipinski definition) is 7. The van der Waals surface area contributed by atoms with E-state index in [0.29, 0.717) is 36.3 Å². The fourth-order valence-electron chi connectivity index (χ4n) is 4.98. The third-order valence-corrected chi connectivity index (χ3v) is 6.49. The van der Waals surface area contributed by atoms with Gasteiger partial charge in [0.1, 0.15) is 12.7 Å². The average Bonchev–Trinajstić information content (AvgIpc) is 3.16. The van der Waals surface area contributed by atoms with Gasteiger partial charge < -0.3 is 19.5 Å². The maximum absolute atomic E-state index is 6.23. The van der Waals surface area contributed by atoms with Gasteiger partial charge in [-0.05, 0) is 54.5 Å². The van der Waals surface area contributed by atoms with Gasteiger partial charge in [-0.2, -0.15) is 10.1 Å². The zero-order valence-corrected chi connectivity index (χ0v) is 17.4. The van der Waals surface area contributed by atoms with Crippen LogP contribution in [-0.4, -0.2) is 40.5 Å². The van der Waals surface area contributed by atoms with Crippen LogP contribution in [0.25, 0.3) is 22.3 Å². The molecule has 2 fully saturated rings. The molecule has 6 rings (SSSR count). The number of nitrogens with zero attached hydrogens (tertiary/aromatic N) is 3. The van der Waals surface area contributed by atoms with Crippen molar-refractivity contribution < 1.29 is 14.2 Å². The molecule has 1 N–H and O–H groups in total. The Morgan fingerprint density at radius 1 is 0.968 bits per heavy atom. The maximum atomic E-state index is 6.23. The summed E-state index contributed by atoms with van der Waals surface area (Å²) in [6.45, 7) is 0.472. The molecule has 1 unspecified atom stereocenters. The summed E-state index contributed by atoms with van der Waals surface area (Å²) in [5, 5.41) is 11.6. The van der Waals surface area contributed by atoms with E-state index in [2.05, 4.69) is 44.8 Å². The number of fused-ring (bicyclic) bond motifs is 5. The first kappa shape index (κ1) is 18.6. The first-order chi connectivity index (χ1) is 15.2. The Morgan fingerprint density at radius 2 is 1.81 bits per heavy atom. The minimum atomic E-state index is 0.230. The van der Waals surface area contributed by atoms with Gasteiger partial charge in [0.05, 0.1) is 13.3 Å². The average molecular weight is 416 g/mol. The Hall–Kier alpha value is -3.19. The Balaban J connectivity index is 1.25. The summed E-state index contributed by atoms with van der Waals surface area (Å²) < 4.78 is 17.4. The van der Waals surface area contributed by atoms with Gasteiger partial charge in [0.25, 0.3) is 0 Å². The first-order valence-electron chi connectivity index (χ1n) is 10.8. The molecule has 5 heterocycles. The number of rotatable bonds is 4. The minimum Gasteiger partial charge on any atom is -0.480 e. The van der Waals surface area contributed by atoms with Gasteiger partial charge in [0, 0.05) is 35.3 Å². The quantitative estimate of drug-likeness (QED) is 0.694. The van der Waals surface area contributed by atoms with Gasteiger partial charge in [-0.15, -0.1) is 5.10 Å². The van der Waals surface area contributed by atoms with Crippen LogP contribution in [0.15, 0.2) is 42.6 Å². The molecule has 0 saturated carbocycles. The van der Waals surface area contributed by atoms with Crippen molar-refractivity contribution in [2.45, 2.75) is 50.5 Å². The molecular formula is C24H24N4O3. The zero-order chi connectivity index (χ0) is 20.8. The molecule has 7 heteroatoms. The van der Waals surface area contributed by atoms with Crippen LogP contribution in [0.4, 0.5) is 0 Å². The highest BCUT2D eigenvalue weighted by molar-refractivity contribution is 5.77. The third-order valence-electron chi connectivity index (χ3n) is 6.49. The minimum absolute atomic E-state index is 0.230. The monoisotopic (exact) mass is 416 g/mol. The Bertz CT molecular complexity index is 1120. The molecule has 0 spiro atoms. The summed E-state index contributed by atoms with van der Waals surface area (Å²) in [5.41, 5.74) is 5.26. The van der Waals surface area contributed by atoms with Crippen molar-refractivity contribution in [2.75, 3.05) is 7.11 Å². The standard InChI is InChI=1S/C24H24N4O3/c1-29-23-9-15(12-25-28-23)14-2-5-20-16(8-14)13-30-24-21(20)6-7-22(27-24)31-19-10-17-3-4-18(11-19)26-17/h2,5-9,12,17-19,26H,3-4,10-11,13H2,1H3/t17-,18+,19?. The van der Waals surface area contributed by atoms with Crippen LogP contribution < -0.4 is 19.5 Å². The summed E-state index contributed by atoms with van der Waals surface area (Å²) in [6.07, 6.45) is 6.58. The fourth-order valence-corrected chi connectivity index (χ4v) is 4.98. The van der Waals surface area contributed by atoms with Gasteiger partial charge in [-0.25, -0.2) is 0 Å². The van der Waals surface area contributed by atoms with Crippen LogP contribution in [0.5, 0.6) is 17.6 Å². The second-order valence-corrected chi connectivity index (χ2v) is 8.50.